The van der Waals surface area contributed by atoms with Crippen LogP contribution in [-0.2, 0) is 6.54 Å². The van der Waals surface area contributed by atoms with Crippen molar-refractivity contribution in [2.24, 2.45) is 0 Å². The minimum absolute atomic E-state index is 0.489. The van der Waals surface area contributed by atoms with Crippen molar-refractivity contribution < 1.29 is 9.47 Å². The van der Waals surface area contributed by atoms with Gasteiger partial charge in [-0.3, -0.25) is 0 Å². The minimum Gasteiger partial charge on any atom is -0.489 e. The maximum Gasteiger partial charge on any atom is 0.127 e. The molecule has 1 heterocycles. The molecule has 0 radical (unpaired) electrons. The second-order valence-corrected chi connectivity index (χ2v) is 5.04. The maximum absolute atomic E-state index is 5.74. The highest BCUT2D eigenvalue weighted by molar-refractivity contribution is 5.41. The van der Waals surface area contributed by atoms with Gasteiger partial charge in [0, 0.05) is 30.8 Å². The van der Waals surface area contributed by atoms with E-state index in [4.69, 9.17) is 9.47 Å². The van der Waals surface area contributed by atoms with E-state index < -0.39 is 0 Å². The fourth-order valence-corrected chi connectivity index (χ4v) is 2.29. The highest BCUT2D eigenvalue weighted by Crippen LogP contribution is 2.25. The van der Waals surface area contributed by atoms with Gasteiger partial charge in [0.05, 0.1) is 0 Å². The molecule has 4 nitrogen and oxygen atoms in total. The summed E-state index contributed by atoms with van der Waals surface area (Å²) in [5.41, 5.74) is 1.13. The molecule has 0 unspecified atom stereocenters. The summed E-state index contributed by atoms with van der Waals surface area (Å²) in [4.78, 5) is 0. The lowest BCUT2D eigenvalue weighted by atomic mass is 10.1. The number of rotatable bonds is 9. The molecule has 1 saturated heterocycles. The Balaban J connectivity index is 2.01. The van der Waals surface area contributed by atoms with Crippen LogP contribution in [0.4, 0.5) is 0 Å². The van der Waals surface area contributed by atoms with Crippen molar-refractivity contribution in [2.45, 2.75) is 19.0 Å². The topological polar surface area (TPSA) is 42.5 Å². The fraction of sp³-hybridized carbons (Fsp3) is 0.412. The zero-order valence-corrected chi connectivity index (χ0v) is 12.4. The molecular weight excluding hydrogens is 264 g/mol. The van der Waals surface area contributed by atoms with E-state index in [1.807, 2.05) is 18.2 Å². The average molecular weight is 288 g/mol. The molecule has 0 amide bonds. The molecule has 0 aromatic heterocycles. The number of benzene rings is 1. The third-order valence-corrected chi connectivity index (χ3v) is 3.40. The van der Waals surface area contributed by atoms with Crippen molar-refractivity contribution >= 4 is 0 Å². The standard InChI is InChI=1S/C17H24N2O2/c1-3-9-20-16-6-5-14(17(11-16)21-10-4-2)12-19-15-7-8-18-13-15/h3-6,11,15,18-19H,1-2,7-10,12-13H2/t15-/m1/s1. The number of nitrogens with one attached hydrogen (secondary N) is 2. The quantitative estimate of drug-likeness (QED) is 0.684. The first-order valence-electron chi connectivity index (χ1n) is 7.38. The van der Waals surface area contributed by atoms with Crippen LogP contribution in [0.1, 0.15) is 12.0 Å². The molecule has 1 aliphatic rings. The van der Waals surface area contributed by atoms with Crippen molar-refractivity contribution in [3.8, 4) is 11.5 Å². The molecule has 4 heteroatoms. The van der Waals surface area contributed by atoms with Gasteiger partial charge < -0.3 is 20.1 Å². The van der Waals surface area contributed by atoms with Gasteiger partial charge in [-0.05, 0) is 19.0 Å². The molecule has 0 saturated carbocycles. The predicted molar refractivity (Wildman–Crippen MR) is 85.9 cm³/mol. The van der Waals surface area contributed by atoms with Gasteiger partial charge in [-0.1, -0.05) is 31.4 Å². The Morgan fingerprint density at radius 2 is 2.05 bits per heavy atom. The third-order valence-electron chi connectivity index (χ3n) is 3.40. The summed E-state index contributed by atoms with van der Waals surface area (Å²) in [7, 11) is 0. The normalized spacial score (nSPS) is 17.4. The Bertz CT molecular complexity index is 468. The van der Waals surface area contributed by atoms with Crippen molar-refractivity contribution in [3.05, 3.63) is 49.1 Å². The zero-order chi connectivity index (χ0) is 14.9. The Hall–Kier alpha value is -1.78. The lowest BCUT2D eigenvalue weighted by Gasteiger charge is -2.15. The average Bonchev–Trinajstić information content (AvgIpc) is 3.03. The molecule has 1 atom stereocenters. The Morgan fingerprint density at radius 3 is 2.76 bits per heavy atom. The Morgan fingerprint density at radius 1 is 1.24 bits per heavy atom. The summed E-state index contributed by atoms with van der Waals surface area (Å²) in [5, 5.41) is 6.91. The Kier molecular flexibility index (Phi) is 6.31. The van der Waals surface area contributed by atoms with Crippen molar-refractivity contribution in [1.82, 2.24) is 10.6 Å². The van der Waals surface area contributed by atoms with Crippen LogP contribution in [0.3, 0.4) is 0 Å². The van der Waals surface area contributed by atoms with Crippen molar-refractivity contribution in [3.63, 3.8) is 0 Å². The summed E-state index contributed by atoms with van der Waals surface area (Å²) in [6, 6.07) is 6.48. The maximum atomic E-state index is 5.74. The first-order chi connectivity index (χ1) is 10.3. The summed E-state index contributed by atoms with van der Waals surface area (Å²) >= 11 is 0. The summed E-state index contributed by atoms with van der Waals surface area (Å²) in [6.07, 6.45) is 4.64. The molecule has 21 heavy (non-hydrogen) atoms. The van der Waals surface area contributed by atoms with Crippen LogP contribution in [0.5, 0.6) is 11.5 Å². The lowest BCUT2D eigenvalue weighted by Crippen LogP contribution is -2.30. The van der Waals surface area contributed by atoms with Gasteiger partial charge in [0.2, 0.25) is 0 Å². The molecule has 0 bridgehead atoms. The molecule has 0 aliphatic carbocycles. The molecule has 1 aliphatic heterocycles. The third kappa shape index (κ3) is 4.92. The van der Waals surface area contributed by atoms with Crippen LogP contribution < -0.4 is 20.1 Å². The molecule has 1 aromatic rings. The van der Waals surface area contributed by atoms with Gasteiger partial charge >= 0.3 is 0 Å². The van der Waals surface area contributed by atoms with Crippen LogP contribution >= 0.6 is 0 Å². The van der Waals surface area contributed by atoms with Crippen molar-refractivity contribution in [2.75, 3.05) is 26.3 Å². The smallest absolute Gasteiger partial charge is 0.127 e. The van der Waals surface area contributed by atoms with Gasteiger partial charge in [-0.2, -0.15) is 0 Å². The van der Waals surface area contributed by atoms with Gasteiger partial charge in [0.25, 0.3) is 0 Å². The van der Waals surface area contributed by atoms with E-state index in [1.165, 1.54) is 6.42 Å². The molecular formula is C17H24N2O2. The number of ether oxygens (including phenoxy) is 2. The van der Waals surface area contributed by atoms with E-state index >= 15 is 0 Å². The second-order valence-electron chi connectivity index (χ2n) is 5.04. The summed E-state index contributed by atoms with van der Waals surface area (Å²) in [6.45, 7) is 11.2. The van der Waals surface area contributed by atoms with E-state index in [0.29, 0.717) is 19.3 Å². The first kappa shape index (κ1) is 15.6. The minimum atomic E-state index is 0.489. The highest BCUT2D eigenvalue weighted by atomic mass is 16.5. The van der Waals surface area contributed by atoms with Crippen LogP contribution in [0.15, 0.2) is 43.5 Å². The molecule has 114 valence electrons. The van der Waals surface area contributed by atoms with E-state index in [0.717, 1.165) is 36.7 Å². The van der Waals surface area contributed by atoms with Gasteiger partial charge in [0.15, 0.2) is 0 Å². The monoisotopic (exact) mass is 288 g/mol. The van der Waals surface area contributed by atoms with Gasteiger partial charge in [-0.15, -0.1) is 0 Å². The molecule has 2 rings (SSSR count). The SMILES string of the molecule is C=CCOc1ccc(CN[C@@H]2CCNC2)c(OCC=C)c1. The molecule has 0 spiro atoms. The summed E-state index contributed by atoms with van der Waals surface area (Å²) < 4.78 is 11.3. The van der Waals surface area contributed by atoms with Crippen LogP contribution in [0.25, 0.3) is 0 Å². The van der Waals surface area contributed by atoms with E-state index in [-0.39, 0.29) is 0 Å². The first-order valence-corrected chi connectivity index (χ1v) is 7.38. The largest absolute Gasteiger partial charge is 0.489 e. The van der Waals surface area contributed by atoms with E-state index in [2.05, 4.69) is 23.8 Å². The van der Waals surface area contributed by atoms with Gasteiger partial charge in [-0.25, -0.2) is 0 Å². The van der Waals surface area contributed by atoms with E-state index in [1.54, 1.807) is 12.2 Å². The second kappa shape index (κ2) is 8.49. The van der Waals surface area contributed by atoms with Crippen LogP contribution in [-0.4, -0.2) is 32.3 Å². The van der Waals surface area contributed by atoms with Crippen LogP contribution in [0, 0.1) is 0 Å². The lowest BCUT2D eigenvalue weighted by molar-refractivity contribution is 0.341. The molecule has 1 fully saturated rings. The summed E-state index contributed by atoms with van der Waals surface area (Å²) in [5.74, 6) is 1.63. The number of hydrogen-bond acceptors (Lipinski definition) is 4. The zero-order valence-electron chi connectivity index (χ0n) is 12.4. The van der Waals surface area contributed by atoms with E-state index in [9.17, 15) is 0 Å². The van der Waals surface area contributed by atoms with Crippen molar-refractivity contribution in [1.29, 1.82) is 0 Å². The number of hydrogen-bond donors (Lipinski definition) is 2. The Labute approximate surface area is 126 Å². The highest BCUT2D eigenvalue weighted by Gasteiger charge is 2.14. The molecule has 1 aromatic carbocycles. The molecule has 2 N–H and O–H groups in total. The fourth-order valence-electron chi connectivity index (χ4n) is 2.29. The van der Waals surface area contributed by atoms with Gasteiger partial charge in [0.1, 0.15) is 24.7 Å². The predicted octanol–water partition coefficient (Wildman–Crippen LogP) is 2.27. The van der Waals surface area contributed by atoms with Crippen LogP contribution in [0.2, 0.25) is 0 Å².